The minimum atomic E-state index is -0.440. The molecule has 0 bridgehead atoms. The van der Waals surface area contributed by atoms with Crippen LogP contribution in [0, 0.1) is 29.5 Å². The van der Waals surface area contributed by atoms with E-state index in [4.69, 9.17) is 21.1 Å². The number of epoxide rings is 1. The van der Waals surface area contributed by atoms with Gasteiger partial charge in [-0.3, -0.25) is 0 Å². The van der Waals surface area contributed by atoms with E-state index in [9.17, 15) is 4.39 Å². The molecule has 3 fully saturated rings. The van der Waals surface area contributed by atoms with Gasteiger partial charge in [0.05, 0.1) is 18.2 Å². The van der Waals surface area contributed by atoms with Gasteiger partial charge in [0.1, 0.15) is 6.10 Å². The standard InChI is InChI=1S/C22H30ClFO2/c1-14-2-6-16(7-3-14)17-8-4-15(5-9-17)12-25-19-11-10-18(20-13-26-20)21(23)22(19)24/h10-11,14-17,20H,2-9,12-13H2,1H3. The SMILES string of the molecule is CC1CCC(C2CCC(COc3ccc(C4CO4)c(Cl)c3F)CC2)CC1. The first kappa shape index (κ1) is 18.6. The van der Waals surface area contributed by atoms with Crippen LogP contribution in [0.25, 0.3) is 0 Å². The minimum Gasteiger partial charge on any atom is -0.490 e. The molecule has 144 valence electrons. The monoisotopic (exact) mass is 380 g/mol. The van der Waals surface area contributed by atoms with Gasteiger partial charge in [0.2, 0.25) is 0 Å². The van der Waals surface area contributed by atoms with E-state index < -0.39 is 5.82 Å². The summed E-state index contributed by atoms with van der Waals surface area (Å²) in [4.78, 5) is 0. The molecule has 2 nitrogen and oxygen atoms in total. The maximum Gasteiger partial charge on any atom is 0.183 e. The first-order chi connectivity index (χ1) is 12.6. The maximum atomic E-state index is 14.4. The fourth-order valence-electron chi connectivity index (χ4n) is 4.93. The number of hydrogen-bond donors (Lipinski definition) is 0. The number of halogens is 2. The molecule has 1 atom stereocenters. The first-order valence-electron chi connectivity index (χ1n) is 10.3. The van der Waals surface area contributed by atoms with E-state index in [1.165, 1.54) is 51.4 Å². The summed E-state index contributed by atoms with van der Waals surface area (Å²) < 4.78 is 25.4. The lowest BCUT2D eigenvalue weighted by Gasteiger charge is -2.37. The Hall–Kier alpha value is -0.800. The van der Waals surface area contributed by atoms with Gasteiger partial charge in [0.25, 0.3) is 0 Å². The molecule has 0 amide bonds. The smallest absolute Gasteiger partial charge is 0.183 e. The second-order valence-electron chi connectivity index (χ2n) is 8.71. The average Bonchev–Trinajstić information content (AvgIpc) is 3.49. The van der Waals surface area contributed by atoms with E-state index in [-0.39, 0.29) is 16.9 Å². The van der Waals surface area contributed by atoms with Crippen molar-refractivity contribution in [3.05, 3.63) is 28.5 Å². The zero-order chi connectivity index (χ0) is 18.1. The number of ether oxygens (including phenoxy) is 2. The Bertz CT molecular complexity index is 615. The molecule has 1 unspecified atom stereocenters. The van der Waals surface area contributed by atoms with E-state index in [1.807, 2.05) is 6.07 Å². The van der Waals surface area contributed by atoms with Crippen LogP contribution in [0.4, 0.5) is 4.39 Å². The molecule has 0 aromatic heterocycles. The Kier molecular flexibility index (Phi) is 5.75. The Morgan fingerprint density at radius 1 is 1.04 bits per heavy atom. The van der Waals surface area contributed by atoms with Gasteiger partial charge in [-0.2, -0.15) is 0 Å². The maximum absolute atomic E-state index is 14.4. The fourth-order valence-corrected chi connectivity index (χ4v) is 5.20. The van der Waals surface area contributed by atoms with Crippen LogP contribution in [0.15, 0.2) is 12.1 Å². The Balaban J connectivity index is 1.25. The van der Waals surface area contributed by atoms with Gasteiger partial charge in [-0.1, -0.05) is 37.4 Å². The first-order valence-corrected chi connectivity index (χ1v) is 10.7. The lowest BCUT2D eigenvalue weighted by Crippen LogP contribution is -2.27. The molecule has 1 aliphatic heterocycles. The largest absolute Gasteiger partial charge is 0.490 e. The number of rotatable bonds is 5. The fraction of sp³-hybridized carbons (Fsp3) is 0.727. The Morgan fingerprint density at radius 3 is 2.27 bits per heavy atom. The summed E-state index contributed by atoms with van der Waals surface area (Å²) >= 11 is 6.14. The van der Waals surface area contributed by atoms with Crippen molar-refractivity contribution >= 4 is 11.6 Å². The van der Waals surface area contributed by atoms with Crippen molar-refractivity contribution < 1.29 is 13.9 Å². The third kappa shape index (κ3) is 4.20. The molecule has 1 saturated heterocycles. The van der Waals surface area contributed by atoms with E-state index in [0.29, 0.717) is 19.1 Å². The quantitative estimate of drug-likeness (QED) is 0.539. The normalized spacial score (nSPS) is 34.5. The molecule has 4 heteroatoms. The van der Waals surface area contributed by atoms with Gasteiger partial charge in [0, 0.05) is 5.56 Å². The highest BCUT2D eigenvalue weighted by molar-refractivity contribution is 6.31. The second kappa shape index (κ2) is 8.06. The molecular weight excluding hydrogens is 351 g/mol. The number of hydrogen-bond acceptors (Lipinski definition) is 2. The van der Waals surface area contributed by atoms with Gasteiger partial charge in [0.15, 0.2) is 11.6 Å². The molecule has 0 radical (unpaired) electrons. The Morgan fingerprint density at radius 2 is 1.65 bits per heavy atom. The van der Waals surface area contributed by atoms with E-state index >= 15 is 0 Å². The molecule has 1 aromatic carbocycles. The lowest BCUT2D eigenvalue weighted by atomic mass is 9.69. The summed E-state index contributed by atoms with van der Waals surface area (Å²) in [7, 11) is 0. The summed E-state index contributed by atoms with van der Waals surface area (Å²) in [5.41, 5.74) is 0.735. The van der Waals surface area contributed by atoms with Gasteiger partial charge in [-0.25, -0.2) is 4.39 Å². The van der Waals surface area contributed by atoms with Crippen LogP contribution in [0.2, 0.25) is 5.02 Å². The van der Waals surface area contributed by atoms with Crippen molar-refractivity contribution in [3.8, 4) is 5.75 Å². The summed E-state index contributed by atoms with van der Waals surface area (Å²) in [5, 5.41) is 0.153. The molecule has 0 spiro atoms. The van der Waals surface area contributed by atoms with Gasteiger partial charge >= 0.3 is 0 Å². The molecular formula is C22H30ClFO2. The molecule has 1 aromatic rings. The van der Waals surface area contributed by atoms with Crippen molar-refractivity contribution in [2.75, 3.05) is 13.2 Å². The highest BCUT2D eigenvalue weighted by Crippen LogP contribution is 2.42. The molecule has 0 N–H and O–H groups in total. The topological polar surface area (TPSA) is 21.8 Å². The number of benzene rings is 1. The van der Waals surface area contributed by atoms with Crippen molar-refractivity contribution in [2.45, 2.75) is 64.4 Å². The van der Waals surface area contributed by atoms with Crippen molar-refractivity contribution in [3.63, 3.8) is 0 Å². The third-order valence-corrected chi connectivity index (χ3v) is 7.23. The third-order valence-electron chi connectivity index (χ3n) is 6.85. The van der Waals surface area contributed by atoms with Gasteiger partial charge < -0.3 is 9.47 Å². The van der Waals surface area contributed by atoms with Crippen molar-refractivity contribution in [2.24, 2.45) is 23.7 Å². The lowest BCUT2D eigenvalue weighted by molar-refractivity contribution is 0.124. The zero-order valence-electron chi connectivity index (χ0n) is 15.7. The van der Waals surface area contributed by atoms with Crippen molar-refractivity contribution in [1.82, 2.24) is 0 Å². The minimum absolute atomic E-state index is 0.0379. The van der Waals surface area contributed by atoms with E-state index in [2.05, 4.69) is 6.92 Å². The molecule has 26 heavy (non-hydrogen) atoms. The molecule has 4 rings (SSSR count). The summed E-state index contributed by atoms with van der Waals surface area (Å²) in [5.74, 6) is 3.16. The second-order valence-corrected chi connectivity index (χ2v) is 9.09. The average molecular weight is 381 g/mol. The zero-order valence-corrected chi connectivity index (χ0v) is 16.4. The Labute approximate surface area is 161 Å². The summed E-state index contributed by atoms with van der Waals surface area (Å²) in [6, 6.07) is 3.53. The molecule has 2 saturated carbocycles. The van der Waals surface area contributed by atoms with Gasteiger partial charge in [-0.05, 0) is 68.3 Å². The molecule has 1 heterocycles. The summed E-state index contributed by atoms with van der Waals surface area (Å²) in [6.07, 6.45) is 10.7. The summed E-state index contributed by atoms with van der Waals surface area (Å²) in [6.45, 7) is 3.61. The van der Waals surface area contributed by atoms with E-state index in [0.717, 1.165) is 23.3 Å². The van der Waals surface area contributed by atoms with Crippen LogP contribution in [-0.2, 0) is 4.74 Å². The highest BCUT2D eigenvalue weighted by Gasteiger charge is 2.31. The molecule has 3 aliphatic rings. The van der Waals surface area contributed by atoms with Crippen LogP contribution in [0.3, 0.4) is 0 Å². The van der Waals surface area contributed by atoms with Crippen LogP contribution in [-0.4, -0.2) is 13.2 Å². The predicted octanol–water partition coefficient (Wildman–Crippen LogP) is 6.56. The highest BCUT2D eigenvalue weighted by atomic mass is 35.5. The predicted molar refractivity (Wildman–Crippen MR) is 102 cm³/mol. The van der Waals surface area contributed by atoms with Crippen LogP contribution >= 0.6 is 11.6 Å². The van der Waals surface area contributed by atoms with Crippen LogP contribution in [0.1, 0.15) is 70.0 Å². The van der Waals surface area contributed by atoms with E-state index in [1.54, 1.807) is 6.07 Å². The molecule has 2 aliphatic carbocycles. The van der Waals surface area contributed by atoms with Crippen LogP contribution in [0.5, 0.6) is 5.75 Å². The van der Waals surface area contributed by atoms with Gasteiger partial charge in [-0.15, -0.1) is 0 Å². The van der Waals surface area contributed by atoms with Crippen LogP contribution < -0.4 is 4.74 Å². The van der Waals surface area contributed by atoms with Crippen molar-refractivity contribution in [1.29, 1.82) is 0 Å².